The van der Waals surface area contributed by atoms with Gasteiger partial charge in [0.2, 0.25) is 5.91 Å². The molecule has 18 nitrogen and oxygen atoms in total. The maximum absolute atomic E-state index is 15.1. The molecule has 75 heavy (non-hydrogen) atoms. The van der Waals surface area contributed by atoms with Crippen LogP contribution in [0.4, 0.5) is 19.7 Å². The molecule has 4 aliphatic rings. The van der Waals surface area contributed by atoms with Crippen molar-refractivity contribution in [2.75, 3.05) is 96.9 Å². The molecule has 6 heterocycles. The number of hydrogen-bond acceptors (Lipinski definition) is 12. The van der Waals surface area contributed by atoms with Crippen LogP contribution in [-0.4, -0.2) is 172 Å². The summed E-state index contributed by atoms with van der Waals surface area (Å²) < 4.78 is 26.3. The summed E-state index contributed by atoms with van der Waals surface area (Å²) in [5.74, 6) is -0.955. The number of anilines is 1. The number of aromatic amines is 1. The maximum Gasteiger partial charge on any atom is 0.412 e. The molecule has 3 fully saturated rings. The average molecular weight is 1030 g/mol. The Bertz CT molecular complexity index is 2990. The van der Waals surface area contributed by atoms with Crippen LogP contribution in [-0.2, 0) is 27.3 Å². The van der Waals surface area contributed by atoms with Crippen molar-refractivity contribution in [3.8, 4) is 0 Å². The van der Waals surface area contributed by atoms with Crippen LogP contribution in [0.2, 0.25) is 0 Å². The monoisotopic (exact) mass is 1020 g/mol. The zero-order chi connectivity index (χ0) is 52.6. The summed E-state index contributed by atoms with van der Waals surface area (Å²) in [6, 6.07) is 22.8. The molecule has 0 spiro atoms. The highest BCUT2D eigenvalue weighted by atomic mass is 19.1. The Morgan fingerprint density at radius 2 is 1.43 bits per heavy atom. The van der Waals surface area contributed by atoms with Crippen LogP contribution in [0, 0.1) is 11.7 Å². The van der Waals surface area contributed by atoms with Gasteiger partial charge in [-0.15, -0.1) is 0 Å². The van der Waals surface area contributed by atoms with Gasteiger partial charge in [-0.25, -0.2) is 24.1 Å². The van der Waals surface area contributed by atoms with Gasteiger partial charge in [0.1, 0.15) is 18.0 Å². The van der Waals surface area contributed by atoms with E-state index in [4.69, 9.17) is 9.47 Å². The summed E-state index contributed by atoms with van der Waals surface area (Å²) in [4.78, 5) is 95.7. The number of rotatable bonds is 12. The molecular formula is C56H65FN10O8. The number of likely N-dealkylation sites (tertiary alicyclic amines) is 1. The van der Waals surface area contributed by atoms with Gasteiger partial charge in [-0.1, -0.05) is 60.7 Å². The molecule has 3 saturated heterocycles. The standard InChI is InChI=1S/C56H65FN10O8/c1-56(2,3)75-54(72)59-48-32-42(41-12-9-19-67(35-41)55(73)74-37-39-10-5-4-6-11-39)33-58-50(48)53(71)65-20-17-38(18-21-65)34-62-22-24-63(25-23-62)36-49(68)64-26-28-66(29-27-64)52(70)45-30-40(15-16-46(45)57)31-47-43-13-7-8-14-44(43)51(69)61-60-47/h4-8,10-16,30,32-33,38H,9,17-29,31,34-37H2,1-3H3,(H,59,72)(H,61,69). The number of piperidine rings is 1. The first-order valence-electron chi connectivity index (χ1n) is 25.8. The summed E-state index contributed by atoms with van der Waals surface area (Å²) in [7, 11) is 0. The lowest BCUT2D eigenvalue weighted by Gasteiger charge is -2.40. The second-order valence-corrected chi connectivity index (χ2v) is 20.7. The molecule has 2 aromatic heterocycles. The minimum Gasteiger partial charge on any atom is -0.445 e. The van der Waals surface area contributed by atoms with E-state index in [1.807, 2.05) is 48.5 Å². The van der Waals surface area contributed by atoms with Crippen molar-refractivity contribution in [1.29, 1.82) is 0 Å². The molecule has 0 aliphatic carbocycles. The van der Waals surface area contributed by atoms with Crippen molar-refractivity contribution in [1.82, 2.24) is 44.6 Å². The fraction of sp³-hybridized carbons (Fsp3) is 0.429. The highest BCUT2D eigenvalue weighted by molar-refractivity contribution is 6.01. The van der Waals surface area contributed by atoms with Crippen LogP contribution >= 0.6 is 0 Å². The van der Waals surface area contributed by atoms with E-state index in [-0.39, 0.29) is 54.0 Å². The topological polar surface area (TPSA) is 194 Å². The van der Waals surface area contributed by atoms with Gasteiger partial charge in [0.05, 0.1) is 28.9 Å². The molecule has 5 aromatic rings. The molecular weight excluding hydrogens is 960 g/mol. The van der Waals surface area contributed by atoms with Gasteiger partial charge in [0.15, 0.2) is 5.69 Å². The molecule has 0 bridgehead atoms. The summed E-state index contributed by atoms with van der Waals surface area (Å²) in [5.41, 5.74) is 2.92. The zero-order valence-corrected chi connectivity index (χ0v) is 42.9. The molecule has 0 unspecified atom stereocenters. The van der Waals surface area contributed by atoms with Gasteiger partial charge in [0.25, 0.3) is 17.4 Å². The summed E-state index contributed by atoms with van der Waals surface area (Å²) in [5, 5.41) is 10.7. The number of pyridine rings is 1. The molecule has 9 rings (SSSR count). The highest BCUT2D eigenvalue weighted by Crippen LogP contribution is 2.29. The Morgan fingerprint density at radius 1 is 0.747 bits per heavy atom. The molecule has 394 valence electrons. The third-order valence-corrected chi connectivity index (χ3v) is 14.3. The van der Waals surface area contributed by atoms with Gasteiger partial charge in [-0.05, 0) is 92.5 Å². The second kappa shape index (κ2) is 23.4. The van der Waals surface area contributed by atoms with Crippen LogP contribution in [0.15, 0.2) is 95.9 Å². The number of amides is 5. The number of ether oxygens (including phenoxy) is 2. The molecule has 0 atom stereocenters. The van der Waals surface area contributed by atoms with Crippen molar-refractivity contribution in [3.05, 3.63) is 141 Å². The first kappa shape index (κ1) is 52.4. The number of nitrogens with one attached hydrogen (secondary N) is 2. The number of piperazine rings is 2. The molecule has 4 aliphatic heterocycles. The SMILES string of the molecule is CC(C)(C)OC(=O)Nc1cc(C2=CCCN(C(=O)OCc3ccccc3)C2)cnc1C(=O)N1CCC(CN2CCN(CC(=O)N3CCN(C(=O)c4cc(Cc5n[nH]c(=O)c6ccccc56)ccc4F)CC3)CC2)CC1. The third kappa shape index (κ3) is 13.2. The van der Waals surface area contributed by atoms with Crippen LogP contribution in [0.1, 0.15) is 83.3 Å². The van der Waals surface area contributed by atoms with E-state index in [0.29, 0.717) is 92.2 Å². The summed E-state index contributed by atoms with van der Waals surface area (Å²) in [6.07, 6.45) is 5.02. The predicted octanol–water partition coefficient (Wildman–Crippen LogP) is 6.28. The highest BCUT2D eigenvalue weighted by Gasteiger charge is 2.32. The Kier molecular flexibility index (Phi) is 16.3. The number of carbonyl (C=O) groups excluding carboxylic acids is 5. The Morgan fingerprint density at radius 3 is 2.16 bits per heavy atom. The van der Waals surface area contributed by atoms with E-state index in [1.54, 1.807) is 76.9 Å². The van der Waals surface area contributed by atoms with E-state index >= 15 is 4.39 Å². The minimum atomic E-state index is -0.773. The van der Waals surface area contributed by atoms with E-state index in [2.05, 4.69) is 30.3 Å². The van der Waals surface area contributed by atoms with Crippen LogP contribution < -0.4 is 10.9 Å². The van der Waals surface area contributed by atoms with Crippen LogP contribution in [0.25, 0.3) is 16.3 Å². The second-order valence-electron chi connectivity index (χ2n) is 20.7. The van der Waals surface area contributed by atoms with Crippen molar-refractivity contribution < 1.29 is 37.8 Å². The van der Waals surface area contributed by atoms with Crippen molar-refractivity contribution in [3.63, 3.8) is 0 Å². The smallest absolute Gasteiger partial charge is 0.412 e. The normalized spacial score (nSPS) is 17.1. The van der Waals surface area contributed by atoms with Gasteiger partial charge in [-0.3, -0.25) is 29.4 Å². The molecule has 3 aromatic carbocycles. The fourth-order valence-electron chi connectivity index (χ4n) is 10.2. The number of benzene rings is 3. The Hall–Kier alpha value is -7.51. The van der Waals surface area contributed by atoms with E-state index in [0.717, 1.165) is 56.7 Å². The van der Waals surface area contributed by atoms with E-state index < -0.39 is 29.5 Å². The molecule has 5 amide bonds. The van der Waals surface area contributed by atoms with Crippen LogP contribution in [0.3, 0.4) is 0 Å². The van der Waals surface area contributed by atoms with Crippen LogP contribution in [0.5, 0.6) is 0 Å². The fourth-order valence-corrected chi connectivity index (χ4v) is 10.2. The molecule has 19 heteroatoms. The minimum absolute atomic E-state index is 0.00411. The van der Waals surface area contributed by atoms with Crippen molar-refractivity contribution in [2.45, 2.75) is 58.7 Å². The zero-order valence-electron chi connectivity index (χ0n) is 42.9. The Balaban J connectivity index is 0.722. The lowest BCUT2D eigenvalue weighted by molar-refractivity contribution is -0.134. The van der Waals surface area contributed by atoms with Gasteiger partial charge in [-0.2, -0.15) is 5.10 Å². The van der Waals surface area contributed by atoms with Gasteiger partial charge >= 0.3 is 12.2 Å². The average Bonchev–Trinajstić information content (AvgIpc) is 3.42. The predicted molar refractivity (Wildman–Crippen MR) is 280 cm³/mol. The molecule has 2 N–H and O–H groups in total. The first-order valence-corrected chi connectivity index (χ1v) is 25.8. The van der Waals surface area contributed by atoms with E-state index in [9.17, 15) is 28.8 Å². The lowest BCUT2D eigenvalue weighted by atomic mass is 9.95. The quantitative estimate of drug-likeness (QED) is 0.142. The molecule has 0 radical (unpaired) electrons. The number of aromatic nitrogens is 3. The number of H-pyrrole nitrogens is 1. The molecule has 0 saturated carbocycles. The van der Waals surface area contributed by atoms with Crippen molar-refractivity contribution >= 4 is 51.9 Å². The first-order chi connectivity index (χ1) is 36.1. The Labute approximate surface area is 435 Å². The largest absolute Gasteiger partial charge is 0.445 e. The number of halogens is 1. The van der Waals surface area contributed by atoms with Gasteiger partial charge < -0.3 is 34.0 Å². The third-order valence-electron chi connectivity index (χ3n) is 14.3. The summed E-state index contributed by atoms with van der Waals surface area (Å²) in [6.45, 7) is 12.9. The number of carbonyl (C=O) groups is 5. The maximum atomic E-state index is 15.1. The van der Waals surface area contributed by atoms with Gasteiger partial charge in [0, 0.05) is 103 Å². The number of fused-ring (bicyclic) bond motifs is 1. The lowest BCUT2D eigenvalue weighted by Crippen LogP contribution is -2.55. The van der Waals surface area contributed by atoms with Crippen molar-refractivity contribution in [2.24, 2.45) is 5.92 Å². The summed E-state index contributed by atoms with van der Waals surface area (Å²) >= 11 is 0. The van der Waals surface area contributed by atoms with E-state index in [1.165, 1.54) is 6.07 Å². The number of hydrogen-bond donors (Lipinski definition) is 2. The number of nitrogens with zero attached hydrogens (tertiary/aromatic N) is 8.